The highest BCUT2D eigenvalue weighted by Gasteiger charge is 2.18. The van der Waals surface area contributed by atoms with Crippen molar-refractivity contribution in [2.45, 2.75) is 0 Å². The molecule has 13 heavy (non-hydrogen) atoms. The Balaban J connectivity index is 2.31. The van der Waals surface area contributed by atoms with E-state index in [2.05, 4.69) is 11.9 Å². The lowest BCUT2D eigenvalue weighted by Gasteiger charge is -2.26. The maximum Gasteiger partial charge on any atom is 0.317 e. The predicted molar refractivity (Wildman–Crippen MR) is 53.0 cm³/mol. The molecule has 1 aliphatic rings. The number of urea groups is 1. The van der Waals surface area contributed by atoms with Gasteiger partial charge in [0.25, 0.3) is 0 Å². The van der Waals surface area contributed by atoms with E-state index in [4.69, 9.17) is 0 Å². The molecule has 0 saturated carbocycles. The van der Waals surface area contributed by atoms with Crippen LogP contribution in [0.4, 0.5) is 4.79 Å². The zero-order valence-electron chi connectivity index (χ0n) is 7.49. The number of carbonyl (C=O) groups is 1. The normalized spacial score (nSPS) is 18.3. The number of hydrogen-bond acceptors (Lipinski definition) is 2. The van der Waals surface area contributed by atoms with Gasteiger partial charge < -0.3 is 10.2 Å². The van der Waals surface area contributed by atoms with Crippen LogP contribution in [-0.4, -0.2) is 46.3 Å². The molecule has 0 radical (unpaired) electrons. The van der Waals surface area contributed by atoms with Crippen molar-refractivity contribution >= 4 is 16.8 Å². The van der Waals surface area contributed by atoms with Crippen LogP contribution in [0, 0.1) is 0 Å². The van der Waals surface area contributed by atoms with Gasteiger partial charge in [-0.3, -0.25) is 4.21 Å². The van der Waals surface area contributed by atoms with Gasteiger partial charge in [0.2, 0.25) is 0 Å². The Labute approximate surface area is 80.4 Å². The molecule has 1 fully saturated rings. The highest BCUT2D eigenvalue weighted by Crippen LogP contribution is 1.99. The molecule has 0 atom stereocenters. The third-order valence-corrected chi connectivity index (χ3v) is 3.14. The van der Waals surface area contributed by atoms with E-state index in [1.165, 1.54) is 0 Å². The second-order valence-corrected chi connectivity index (χ2v) is 4.51. The summed E-state index contributed by atoms with van der Waals surface area (Å²) >= 11 is 0. The minimum atomic E-state index is -0.725. The largest absolute Gasteiger partial charge is 0.335 e. The number of rotatable bonds is 2. The molecule has 0 bridgehead atoms. The fraction of sp³-hybridized carbons (Fsp3) is 0.625. The molecule has 1 heterocycles. The SMILES string of the molecule is C=CCNC(=O)N1CCS(=O)CC1. The van der Waals surface area contributed by atoms with E-state index in [9.17, 15) is 9.00 Å². The molecule has 74 valence electrons. The standard InChI is InChI=1S/C8H14N2O2S/c1-2-3-9-8(11)10-4-6-13(12)7-5-10/h2H,1,3-7H2,(H,9,11). The van der Waals surface area contributed by atoms with Crippen LogP contribution < -0.4 is 5.32 Å². The summed E-state index contributed by atoms with van der Waals surface area (Å²) in [5, 5.41) is 2.69. The van der Waals surface area contributed by atoms with E-state index in [-0.39, 0.29) is 6.03 Å². The number of carbonyl (C=O) groups excluding carboxylic acids is 1. The Kier molecular flexibility index (Phi) is 3.95. The van der Waals surface area contributed by atoms with Crippen molar-refractivity contribution in [3.8, 4) is 0 Å². The van der Waals surface area contributed by atoms with Crippen molar-refractivity contribution in [2.75, 3.05) is 31.1 Å². The van der Waals surface area contributed by atoms with E-state index < -0.39 is 10.8 Å². The fourth-order valence-electron chi connectivity index (χ4n) is 1.11. The Morgan fingerprint density at radius 3 is 2.69 bits per heavy atom. The first-order valence-corrected chi connectivity index (χ1v) is 5.71. The van der Waals surface area contributed by atoms with E-state index >= 15 is 0 Å². The third-order valence-electron chi connectivity index (χ3n) is 1.86. The molecule has 2 amide bonds. The summed E-state index contributed by atoms with van der Waals surface area (Å²) in [5.41, 5.74) is 0. The first kappa shape index (κ1) is 10.2. The van der Waals surface area contributed by atoms with Crippen molar-refractivity contribution in [1.82, 2.24) is 10.2 Å². The van der Waals surface area contributed by atoms with Crippen LogP contribution in [0.15, 0.2) is 12.7 Å². The van der Waals surface area contributed by atoms with Gasteiger partial charge in [0.1, 0.15) is 0 Å². The van der Waals surface area contributed by atoms with Crippen molar-refractivity contribution in [2.24, 2.45) is 0 Å². The molecule has 0 aliphatic carbocycles. The molecule has 5 heteroatoms. The topological polar surface area (TPSA) is 49.4 Å². The van der Waals surface area contributed by atoms with Gasteiger partial charge in [-0.25, -0.2) is 4.79 Å². The van der Waals surface area contributed by atoms with Gasteiger partial charge in [0.05, 0.1) is 0 Å². The monoisotopic (exact) mass is 202 g/mol. The molecule has 1 saturated heterocycles. The average molecular weight is 202 g/mol. The van der Waals surface area contributed by atoms with Crippen LogP contribution in [0.25, 0.3) is 0 Å². The molecular formula is C8H14N2O2S. The van der Waals surface area contributed by atoms with Gasteiger partial charge in [-0.1, -0.05) is 6.08 Å². The van der Waals surface area contributed by atoms with E-state index in [0.717, 1.165) is 0 Å². The smallest absolute Gasteiger partial charge is 0.317 e. The summed E-state index contributed by atoms with van der Waals surface area (Å²) in [5.74, 6) is 1.20. The number of nitrogens with one attached hydrogen (secondary N) is 1. The van der Waals surface area contributed by atoms with E-state index in [1.807, 2.05) is 0 Å². The molecule has 0 unspecified atom stereocenters. The second-order valence-electron chi connectivity index (χ2n) is 2.81. The zero-order valence-corrected chi connectivity index (χ0v) is 8.31. The Hall–Kier alpha value is -0.840. The lowest BCUT2D eigenvalue weighted by molar-refractivity contribution is 0.204. The van der Waals surface area contributed by atoms with Crippen LogP contribution in [0.3, 0.4) is 0 Å². The first-order chi connectivity index (χ1) is 6.24. The van der Waals surface area contributed by atoms with Crippen LogP contribution in [0.1, 0.15) is 0 Å². The number of hydrogen-bond donors (Lipinski definition) is 1. The van der Waals surface area contributed by atoms with Gasteiger partial charge in [-0.2, -0.15) is 0 Å². The zero-order chi connectivity index (χ0) is 9.68. The summed E-state index contributed by atoms with van der Waals surface area (Å²) in [4.78, 5) is 13.0. The van der Waals surface area contributed by atoms with Crippen molar-refractivity contribution in [1.29, 1.82) is 0 Å². The van der Waals surface area contributed by atoms with Gasteiger partial charge in [0, 0.05) is 41.9 Å². The predicted octanol–water partition coefficient (Wildman–Crippen LogP) is -0.0537. The summed E-state index contributed by atoms with van der Waals surface area (Å²) in [6.45, 7) is 5.18. The highest BCUT2D eigenvalue weighted by atomic mass is 32.2. The van der Waals surface area contributed by atoms with Crippen molar-refractivity contribution in [3.05, 3.63) is 12.7 Å². The maximum atomic E-state index is 11.3. The molecule has 0 spiro atoms. The molecule has 0 aromatic carbocycles. The Morgan fingerprint density at radius 2 is 2.15 bits per heavy atom. The number of amides is 2. The maximum absolute atomic E-state index is 11.3. The van der Waals surface area contributed by atoms with Gasteiger partial charge >= 0.3 is 6.03 Å². The van der Waals surface area contributed by atoms with Crippen LogP contribution in [0.5, 0.6) is 0 Å². The summed E-state index contributed by atoms with van der Waals surface area (Å²) in [6.07, 6.45) is 1.64. The minimum Gasteiger partial charge on any atom is -0.335 e. The van der Waals surface area contributed by atoms with Crippen molar-refractivity contribution < 1.29 is 9.00 Å². The molecular weight excluding hydrogens is 188 g/mol. The number of nitrogens with zero attached hydrogens (tertiary/aromatic N) is 1. The van der Waals surface area contributed by atoms with Crippen molar-refractivity contribution in [3.63, 3.8) is 0 Å². The molecule has 4 nitrogen and oxygen atoms in total. The molecule has 0 aromatic rings. The summed E-state index contributed by atoms with van der Waals surface area (Å²) < 4.78 is 11.0. The Morgan fingerprint density at radius 1 is 1.54 bits per heavy atom. The lowest BCUT2D eigenvalue weighted by atomic mass is 10.5. The minimum absolute atomic E-state index is 0.0865. The van der Waals surface area contributed by atoms with Gasteiger partial charge in [-0.15, -0.1) is 6.58 Å². The lowest BCUT2D eigenvalue weighted by Crippen LogP contribution is -2.46. The van der Waals surface area contributed by atoms with Crippen LogP contribution in [0.2, 0.25) is 0 Å². The molecule has 0 aromatic heterocycles. The molecule has 1 N–H and O–H groups in total. The fourth-order valence-corrected chi connectivity index (χ4v) is 2.16. The molecule has 1 rings (SSSR count). The van der Waals surface area contributed by atoms with Gasteiger partial charge in [-0.05, 0) is 0 Å². The van der Waals surface area contributed by atoms with E-state index in [0.29, 0.717) is 31.1 Å². The quantitative estimate of drug-likeness (QED) is 0.638. The average Bonchev–Trinajstić information content (AvgIpc) is 2.15. The van der Waals surface area contributed by atoms with Crippen LogP contribution in [-0.2, 0) is 10.8 Å². The van der Waals surface area contributed by atoms with E-state index in [1.54, 1.807) is 11.0 Å². The van der Waals surface area contributed by atoms with Crippen LogP contribution >= 0.6 is 0 Å². The highest BCUT2D eigenvalue weighted by molar-refractivity contribution is 7.85. The molecule has 1 aliphatic heterocycles. The third kappa shape index (κ3) is 3.18. The first-order valence-electron chi connectivity index (χ1n) is 4.22. The summed E-state index contributed by atoms with van der Waals surface area (Å²) in [7, 11) is -0.725. The summed E-state index contributed by atoms with van der Waals surface area (Å²) in [6, 6.07) is -0.0865. The Bertz CT molecular complexity index is 220. The second kappa shape index (κ2) is 5.01. The van der Waals surface area contributed by atoms with Gasteiger partial charge in [0.15, 0.2) is 0 Å².